The molecule has 1 amide bonds. The minimum Gasteiger partial charge on any atom is -0.460 e. The molecule has 146 valence electrons. The van der Waals surface area contributed by atoms with Gasteiger partial charge in [-0.25, -0.2) is 0 Å². The van der Waals surface area contributed by atoms with Crippen molar-refractivity contribution in [3.05, 3.63) is 77.6 Å². The molecule has 1 heterocycles. The van der Waals surface area contributed by atoms with Gasteiger partial charge in [0.05, 0.1) is 5.56 Å². The monoisotopic (exact) mass is 387 g/mol. The molecule has 0 atom stereocenters. The number of nitrogens with one attached hydrogen (secondary N) is 1. The lowest BCUT2D eigenvalue weighted by Crippen LogP contribution is -2.26. The van der Waals surface area contributed by atoms with Gasteiger partial charge in [-0.05, 0) is 25.0 Å². The zero-order chi connectivity index (χ0) is 20.4. The number of fused-ring (bicyclic) bond motifs is 3. The summed E-state index contributed by atoms with van der Waals surface area (Å²) in [6, 6.07) is 19.2. The molecule has 0 saturated heterocycles. The SMILES string of the molecule is CC(=O)Oc1cc2c(C(=O)NCCc3ccccc3)c(C)oc2c2ccccc12. The number of ether oxygens (including phenoxy) is 1. The summed E-state index contributed by atoms with van der Waals surface area (Å²) < 4.78 is 11.4. The third-order valence-electron chi connectivity index (χ3n) is 4.86. The topological polar surface area (TPSA) is 68.5 Å². The van der Waals surface area contributed by atoms with Crippen LogP contribution in [0.1, 0.15) is 28.6 Å². The third kappa shape index (κ3) is 3.72. The Balaban J connectivity index is 1.70. The minimum absolute atomic E-state index is 0.207. The van der Waals surface area contributed by atoms with Gasteiger partial charge in [0.15, 0.2) is 0 Å². The van der Waals surface area contributed by atoms with Crippen LogP contribution in [0, 0.1) is 6.92 Å². The van der Waals surface area contributed by atoms with E-state index in [1.54, 1.807) is 13.0 Å². The molecule has 5 heteroatoms. The van der Waals surface area contributed by atoms with Crippen LogP contribution in [0.15, 0.2) is 65.1 Å². The largest absolute Gasteiger partial charge is 0.460 e. The zero-order valence-electron chi connectivity index (χ0n) is 16.3. The fourth-order valence-electron chi connectivity index (χ4n) is 3.58. The smallest absolute Gasteiger partial charge is 0.308 e. The van der Waals surface area contributed by atoms with E-state index in [4.69, 9.17) is 9.15 Å². The molecule has 0 unspecified atom stereocenters. The normalized spacial score (nSPS) is 11.0. The van der Waals surface area contributed by atoms with E-state index < -0.39 is 5.97 Å². The zero-order valence-corrected chi connectivity index (χ0v) is 16.3. The highest BCUT2D eigenvalue weighted by atomic mass is 16.5. The molecular formula is C24H21NO4. The van der Waals surface area contributed by atoms with Crippen LogP contribution in [-0.4, -0.2) is 18.4 Å². The van der Waals surface area contributed by atoms with E-state index in [2.05, 4.69) is 5.32 Å². The molecule has 0 bridgehead atoms. The van der Waals surface area contributed by atoms with Gasteiger partial charge in [-0.3, -0.25) is 9.59 Å². The van der Waals surface area contributed by atoms with Crippen LogP contribution >= 0.6 is 0 Å². The number of carbonyl (C=O) groups is 2. The Bertz CT molecular complexity index is 1210. The Morgan fingerprint density at radius 2 is 1.66 bits per heavy atom. The van der Waals surface area contributed by atoms with Crippen molar-refractivity contribution in [3.63, 3.8) is 0 Å². The molecule has 0 fully saturated rings. The van der Waals surface area contributed by atoms with Crippen molar-refractivity contribution in [1.82, 2.24) is 5.32 Å². The van der Waals surface area contributed by atoms with E-state index in [0.29, 0.717) is 34.6 Å². The van der Waals surface area contributed by atoms with Crippen LogP contribution in [0.25, 0.3) is 21.7 Å². The van der Waals surface area contributed by atoms with Crippen molar-refractivity contribution in [2.75, 3.05) is 6.54 Å². The summed E-state index contributed by atoms with van der Waals surface area (Å²) in [7, 11) is 0. The summed E-state index contributed by atoms with van der Waals surface area (Å²) in [5, 5.41) is 5.16. The van der Waals surface area contributed by atoms with Crippen LogP contribution in [0.2, 0.25) is 0 Å². The van der Waals surface area contributed by atoms with Gasteiger partial charge in [0.1, 0.15) is 17.1 Å². The number of carbonyl (C=O) groups excluding carboxylic acids is 2. The summed E-state index contributed by atoms with van der Waals surface area (Å²) in [5.41, 5.74) is 2.24. The predicted molar refractivity (Wildman–Crippen MR) is 112 cm³/mol. The summed E-state index contributed by atoms with van der Waals surface area (Å²) >= 11 is 0. The highest BCUT2D eigenvalue weighted by Crippen LogP contribution is 2.37. The van der Waals surface area contributed by atoms with Crippen LogP contribution in [0.4, 0.5) is 0 Å². The quantitative estimate of drug-likeness (QED) is 0.395. The van der Waals surface area contributed by atoms with Crippen LogP contribution in [0.5, 0.6) is 5.75 Å². The highest BCUT2D eigenvalue weighted by Gasteiger charge is 2.22. The molecule has 0 aliphatic rings. The number of hydrogen-bond donors (Lipinski definition) is 1. The van der Waals surface area contributed by atoms with Crippen LogP contribution in [0.3, 0.4) is 0 Å². The molecule has 0 saturated carbocycles. The van der Waals surface area contributed by atoms with Gasteiger partial charge in [-0.2, -0.15) is 0 Å². The molecule has 0 aliphatic carbocycles. The summed E-state index contributed by atoms with van der Waals surface area (Å²) in [5.74, 6) is 0.326. The summed E-state index contributed by atoms with van der Waals surface area (Å²) in [4.78, 5) is 24.5. The summed E-state index contributed by atoms with van der Waals surface area (Å²) in [6.07, 6.45) is 0.739. The van der Waals surface area contributed by atoms with E-state index in [1.807, 2.05) is 54.6 Å². The Morgan fingerprint density at radius 3 is 2.38 bits per heavy atom. The number of benzene rings is 3. The first-order valence-electron chi connectivity index (χ1n) is 9.50. The molecule has 0 spiro atoms. The summed E-state index contributed by atoms with van der Waals surface area (Å²) in [6.45, 7) is 3.64. The van der Waals surface area contributed by atoms with Crippen molar-refractivity contribution >= 4 is 33.6 Å². The Hall–Kier alpha value is -3.60. The fraction of sp³-hybridized carbons (Fsp3) is 0.167. The maximum atomic E-state index is 12.9. The molecule has 0 radical (unpaired) electrons. The maximum Gasteiger partial charge on any atom is 0.308 e. The van der Waals surface area contributed by atoms with Crippen molar-refractivity contribution in [3.8, 4) is 5.75 Å². The fourth-order valence-corrected chi connectivity index (χ4v) is 3.58. The lowest BCUT2D eigenvalue weighted by molar-refractivity contribution is -0.131. The average Bonchev–Trinajstić information content (AvgIpc) is 3.04. The second-order valence-electron chi connectivity index (χ2n) is 6.92. The van der Waals surface area contributed by atoms with E-state index in [1.165, 1.54) is 6.92 Å². The van der Waals surface area contributed by atoms with Gasteiger partial charge in [0.25, 0.3) is 5.91 Å². The van der Waals surface area contributed by atoms with Gasteiger partial charge >= 0.3 is 5.97 Å². The third-order valence-corrected chi connectivity index (χ3v) is 4.86. The predicted octanol–water partition coefficient (Wildman–Crippen LogP) is 4.79. The van der Waals surface area contributed by atoms with E-state index in [0.717, 1.165) is 22.8 Å². The van der Waals surface area contributed by atoms with E-state index in [-0.39, 0.29) is 5.91 Å². The van der Waals surface area contributed by atoms with Crippen molar-refractivity contribution < 1.29 is 18.7 Å². The molecule has 4 aromatic rings. The average molecular weight is 387 g/mol. The molecule has 29 heavy (non-hydrogen) atoms. The van der Waals surface area contributed by atoms with Crippen molar-refractivity contribution in [2.24, 2.45) is 0 Å². The van der Waals surface area contributed by atoms with Crippen molar-refractivity contribution in [1.29, 1.82) is 0 Å². The number of amides is 1. The number of hydrogen-bond acceptors (Lipinski definition) is 4. The number of aryl methyl sites for hydroxylation is 1. The molecule has 0 aliphatic heterocycles. The molecular weight excluding hydrogens is 366 g/mol. The lowest BCUT2D eigenvalue weighted by Gasteiger charge is -2.08. The molecule has 1 aromatic heterocycles. The van der Waals surface area contributed by atoms with Crippen LogP contribution in [-0.2, 0) is 11.2 Å². The standard InChI is InChI=1S/C24H21NO4/c1-15-22(24(27)25-13-12-17-8-4-3-5-9-17)20-14-21(29-16(2)26)18-10-6-7-11-19(18)23(20)28-15/h3-11,14H,12-13H2,1-2H3,(H,25,27). The molecule has 1 N–H and O–H groups in total. The molecule has 4 rings (SSSR count). The lowest BCUT2D eigenvalue weighted by atomic mass is 10.0. The van der Waals surface area contributed by atoms with Gasteiger partial charge in [0, 0.05) is 29.6 Å². The molecule has 3 aromatic carbocycles. The van der Waals surface area contributed by atoms with E-state index in [9.17, 15) is 9.59 Å². The number of esters is 1. The first-order valence-corrected chi connectivity index (χ1v) is 9.50. The van der Waals surface area contributed by atoms with Gasteiger partial charge in [0.2, 0.25) is 0 Å². The van der Waals surface area contributed by atoms with Gasteiger partial charge < -0.3 is 14.5 Å². The molecule has 5 nitrogen and oxygen atoms in total. The second-order valence-corrected chi connectivity index (χ2v) is 6.92. The minimum atomic E-state index is -0.413. The Kier molecular flexibility index (Phi) is 5.04. The second kappa shape index (κ2) is 7.80. The van der Waals surface area contributed by atoms with Gasteiger partial charge in [-0.15, -0.1) is 0 Å². The number of furan rings is 1. The first-order chi connectivity index (χ1) is 14.0. The first kappa shape index (κ1) is 18.7. The van der Waals surface area contributed by atoms with Gasteiger partial charge in [-0.1, -0.05) is 54.6 Å². The Labute approximate surface area is 168 Å². The van der Waals surface area contributed by atoms with E-state index >= 15 is 0 Å². The van der Waals surface area contributed by atoms with Crippen LogP contribution < -0.4 is 10.1 Å². The maximum absolute atomic E-state index is 12.9. The van der Waals surface area contributed by atoms with Crippen molar-refractivity contribution in [2.45, 2.75) is 20.3 Å². The highest BCUT2D eigenvalue weighted by molar-refractivity contribution is 6.16. The number of rotatable bonds is 5. The Morgan fingerprint density at radius 1 is 0.966 bits per heavy atom.